The zero-order valence-electron chi connectivity index (χ0n) is 31.5. The van der Waals surface area contributed by atoms with Gasteiger partial charge in [0.1, 0.15) is 17.7 Å². The first-order valence-electron chi connectivity index (χ1n) is 19.2. The zero-order chi connectivity index (χ0) is 39.2. The minimum absolute atomic E-state index is 0.0199. The number of aliphatic hydroxyl groups is 2. The molecule has 0 radical (unpaired) electrons. The standard InChI is InChI=1S/C41H53N3O10/c1-22(2)36(37(50)43-30(38(51)52)17-23-20-42-29-8-6-5-7-26(23)29)44-33(48)11-12-34(49)54-21-32(47)41(53)16-14-28-27-10-9-24-18-25(45)13-15-39(24,3)35(27)31(46)19-40(28,41)4/h5-8,18,20,22,27-28,30-31,35-36,42,46,53H,9-17,19,21H2,1-4H3,(H,43,50)(H,44,48)(H,51,52)/t27-,28+,30+,31+,35-,36-,39-,40-,41-/m0/s1. The molecule has 1 heterocycles. The molecule has 13 nitrogen and oxygen atoms in total. The molecular formula is C41H53N3O10. The maximum Gasteiger partial charge on any atom is 0.326 e. The van der Waals surface area contributed by atoms with Crippen LogP contribution >= 0.6 is 0 Å². The fourth-order valence-corrected chi connectivity index (χ4v) is 10.5. The number of aromatic nitrogens is 1. The number of hydrogen-bond acceptors (Lipinski definition) is 9. The number of esters is 1. The van der Waals surface area contributed by atoms with Gasteiger partial charge in [-0.3, -0.25) is 24.0 Å². The number of benzene rings is 1. The Morgan fingerprint density at radius 3 is 2.48 bits per heavy atom. The molecule has 9 atom stereocenters. The summed E-state index contributed by atoms with van der Waals surface area (Å²) in [6.07, 6.45) is 5.61. The number of aliphatic carboxylic acids is 1. The smallest absolute Gasteiger partial charge is 0.326 e. The second-order valence-electron chi connectivity index (χ2n) is 16.8. The van der Waals surface area contributed by atoms with Crippen LogP contribution in [0.2, 0.25) is 0 Å². The summed E-state index contributed by atoms with van der Waals surface area (Å²) in [4.78, 5) is 79.9. The normalized spacial score (nSPS) is 31.4. The van der Waals surface area contributed by atoms with E-state index in [0.29, 0.717) is 24.8 Å². The molecule has 0 unspecified atom stereocenters. The molecule has 0 aliphatic heterocycles. The third kappa shape index (κ3) is 7.12. The average Bonchev–Trinajstić information content (AvgIpc) is 3.65. The Morgan fingerprint density at radius 1 is 1.02 bits per heavy atom. The van der Waals surface area contributed by atoms with Gasteiger partial charge in [0.05, 0.1) is 12.5 Å². The highest BCUT2D eigenvalue weighted by atomic mass is 16.5. The summed E-state index contributed by atoms with van der Waals surface area (Å²) in [5.41, 5.74) is -0.389. The summed E-state index contributed by atoms with van der Waals surface area (Å²) in [5.74, 6) is -4.32. The summed E-state index contributed by atoms with van der Waals surface area (Å²) >= 11 is 0. The van der Waals surface area contributed by atoms with E-state index in [1.165, 1.54) is 0 Å². The number of amides is 2. The number of para-hydroxylation sites is 1. The number of hydrogen-bond donors (Lipinski definition) is 6. The largest absolute Gasteiger partial charge is 0.480 e. The first kappa shape index (κ1) is 39.3. The molecule has 3 fully saturated rings. The summed E-state index contributed by atoms with van der Waals surface area (Å²) in [5, 5.41) is 39.4. The first-order valence-corrected chi connectivity index (χ1v) is 19.2. The molecule has 292 valence electrons. The van der Waals surface area contributed by atoms with Gasteiger partial charge in [0.25, 0.3) is 0 Å². The van der Waals surface area contributed by atoms with Crippen molar-refractivity contribution in [2.24, 2.45) is 34.5 Å². The van der Waals surface area contributed by atoms with Crippen LogP contribution in [0.5, 0.6) is 0 Å². The molecule has 2 aromatic rings. The van der Waals surface area contributed by atoms with Crippen LogP contribution in [-0.2, 0) is 39.9 Å². The van der Waals surface area contributed by atoms with Crippen molar-refractivity contribution in [2.45, 2.75) is 116 Å². The van der Waals surface area contributed by atoms with E-state index in [1.807, 2.05) is 31.2 Å². The van der Waals surface area contributed by atoms with Gasteiger partial charge in [-0.25, -0.2) is 4.79 Å². The second kappa shape index (κ2) is 15.1. The van der Waals surface area contributed by atoms with Crippen molar-refractivity contribution >= 4 is 46.2 Å². The van der Waals surface area contributed by atoms with Gasteiger partial charge in [0.2, 0.25) is 17.6 Å². The van der Waals surface area contributed by atoms with Crippen molar-refractivity contribution in [3.05, 3.63) is 47.7 Å². The fraction of sp³-hybridized carbons (Fsp3) is 0.610. The minimum Gasteiger partial charge on any atom is -0.480 e. The van der Waals surface area contributed by atoms with Gasteiger partial charge in [-0.05, 0) is 85.3 Å². The molecular weight excluding hydrogens is 694 g/mol. The number of rotatable bonds is 13. The first-order chi connectivity index (χ1) is 25.5. The number of nitrogens with one attached hydrogen (secondary N) is 3. The molecule has 0 bridgehead atoms. The second-order valence-corrected chi connectivity index (χ2v) is 16.8. The third-order valence-corrected chi connectivity index (χ3v) is 13.4. The van der Waals surface area contributed by atoms with Gasteiger partial charge in [0, 0.05) is 41.8 Å². The van der Waals surface area contributed by atoms with E-state index in [-0.39, 0.29) is 61.1 Å². The van der Waals surface area contributed by atoms with Crippen molar-refractivity contribution in [3.63, 3.8) is 0 Å². The molecule has 0 saturated heterocycles. The van der Waals surface area contributed by atoms with E-state index >= 15 is 0 Å². The summed E-state index contributed by atoms with van der Waals surface area (Å²) in [6, 6.07) is 5.07. The van der Waals surface area contributed by atoms with Crippen LogP contribution in [0.15, 0.2) is 42.1 Å². The molecule has 2 amide bonds. The molecule has 1 aromatic carbocycles. The number of Topliss-reactive ketones (excluding diaryl/α,β-unsaturated/α-hetero) is 1. The van der Waals surface area contributed by atoms with Gasteiger partial charge < -0.3 is 35.7 Å². The maximum atomic E-state index is 13.6. The van der Waals surface area contributed by atoms with E-state index in [2.05, 4.69) is 22.5 Å². The van der Waals surface area contributed by atoms with Crippen LogP contribution in [0, 0.1) is 34.5 Å². The Labute approximate surface area is 314 Å². The van der Waals surface area contributed by atoms with Gasteiger partial charge in [0.15, 0.2) is 12.4 Å². The highest BCUT2D eigenvalue weighted by molar-refractivity contribution is 5.93. The Morgan fingerprint density at radius 2 is 1.76 bits per heavy atom. The number of H-pyrrole nitrogens is 1. The number of carboxylic acid groups (broad SMARTS) is 1. The number of carboxylic acids is 1. The fourth-order valence-electron chi connectivity index (χ4n) is 10.5. The number of fused-ring (bicyclic) bond motifs is 6. The van der Waals surface area contributed by atoms with E-state index in [4.69, 9.17) is 4.74 Å². The topological polar surface area (TPSA) is 212 Å². The molecule has 0 spiro atoms. The van der Waals surface area contributed by atoms with E-state index in [0.717, 1.165) is 29.3 Å². The van der Waals surface area contributed by atoms with E-state index in [1.54, 1.807) is 26.1 Å². The van der Waals surface area contributed by atoms with Gasteiger partial charge in [-0.1, -0.05) is 51.5 Å². The molecule has 3 saturated carbocycles. The molecule has 54 heavy (non-hydrogen) atoms. The zero-order valence-corrected chi connectivity index (χ0v) is 31.5. The number of allylic oxidation sites excluding steroid dienone is 1. The van der Waals surface area contributed by atoms with Crippen LogP contribution < -0.4 is 10.6 Å². The quantitative estimate of drug-likeness (QED) is 0.164. The number of carbonyl (C=O) groups excluding carboxylic acids is 5. The summed E-state index contributed by atoms with van der Waals surface area (Å²) in [6.45, 7) is 6.71. The highest BCUT2D eigenvalue weighted by Gasteiger charge is 2.68. The lowest BCUT2D eigenvalue weighted by atomic mass is 9.45. The number of aromatic amines is 1. The number of ketones is 2. The lowest BCUT2D eigenvalue weighted by Crippen LogP contribution is -2.62. The maximum absolute atomic E-state index is 13.6. The van der Waals surface area contributed by atoms with Crippen LogP contribution in [0.3, 0.4) is 0 Å². The molecule has 6 rings (SSSR count). The number of carbonyl (C=O) groups is 6. The predicted octanol–water partition coefficient (Wildman–Crippen LogP) is 3.55. The van der Waals surface area contributed by atoms with Gasteiger partial charge in [-0.15, -0.1) is 0 Å². The van der Waals surface area contributed by atoms with Crippen LogP contribution in [0.1, 0.15) is 91.0 Å². The Balaban J connectivity index is 1.01. The van der Waals surface area contributed by atoms with Gasteiger partial charge >= 0.3 is 11.9 Å². The molecule has 4 aliphatic rings. The van der Waals surface area contributed by atoms with Gasteiger partial charge in [-0.2, -0.15) is 0 Å². The minimum atomic E-state index is -1.80. The highest BCUT2D eigenvalue weighted by Crippen LogP contribution is 2.67. The van der Waals surface area contributed by atoms with Crippen LogP contribution in [-0.4, -0.2) is 86.0 Å². The van der Waals surface area contributed by atoms with Crippen LogP contribution in [0.4, 0.5) is 0 Å². The molecule has 13 heteroatoms. The van der Waals surface area contributed by atoms with Crippen molar-refractivity contribution in [1.29, 1.82) is 0 Å². The lowest BCUT2D eigenvalue weighted by molar-refractivity contribution is -0.184. The summed E-state index contributed by atoms with van der Waals surface area (Å²) < 4.78 is 5.27. The Bertz CT molecular complexity index is 1870. The Kier molecular flexibility index (Phi) is 11.0. The lowest BCUT2D eigenvalue weighted by Gasteiger charge is -2.60. The van der Waals surface area contributed by atoms with Crippen molar-refractivity contribution in [3.8, 4) is 0 Å². The van der Waals surface area contributed by atoms with Crippen molar-refractivity contribution < 1.29 is 48.8 Å². The average molecular weight is 748 g/mol. The third-order valence-electron chi connectivity index (χ3n) is 13.4. The predicted molar refractivity (Wildman–Crippen MR) is 197 cm³/mol. The number of ether oxygens (including phenoxy) is 1. The molecule has 4 aliphatic carbocycles. The SMILES string of the molecule is CC(C)[C@H](NC(=O)CCC(=O)OCC(=O)[C@@]1(O)CC[C@@H]2[C@@H]3CCC4=CC(=O)CC[C@]4(C)[C@@H]3[C@H](O)C[C@@]21C)C(=O)N[C@H](Cc1c[nH]c2ccccc12)C(=O)O. The van der Waals surface area contributed by atoms with E-state index in [9.17, 15) is 44.1 Å². The van der Waals surface area contributed by atoms with E-state index < -0.39 is 71.3 Å². The van der Waals surface area contributed by atoms with Crippen molar-refractivity contribution in [2.75, 3.05) is 6.61 Å². The number of aliphatic hydroxyl groups excluding tert-OH is 1. The monoisotopic (exact) mass is 747 g/mol. The van der Waals surface area contributed by atoms with Crippen molar-refractivity contribution in [1.82, 2.24) is 15.6 Å². The van der Waals surface area contributed by atoms with Crippen LogP contribution in [0.25, 0.3) is 10.9 Å². The Hall–Kier alpha value is -4.36. The molecule has 1 aromatic heterocycles. The molecule has 6 N–H and O–H groups in total. The summed E-state index contributed by atoms with van der Waals surface area (Å²) in [7, 11) is 0.